The van der Waals surface area contributed by atoms with Gasteiger partial charge in [-0.2, -0.15) is 0 Å². The molecule has 0 N–H and O–H groups in total. The number of rotatable bonds is 3. The smallest absolute Gasteiger partial charge is 0.00201 e. The van der Waals surface area contributed by atoms with Crippen molar-refractivity contribution in [2.75, 3.05) is 0 Å². The van der Waals surface area contributed by atoms with E-state index in [0.29, 0.717) is 0 Å². The maximum Gasteiger partial charge on any atom is -0.00201 e. The number of benzene rings is 7. The zero-order valence-corrected chi connectivity index (χ0v) is 20.8. The van der Waals surface area contributed by atoms with Gasteiger partial charge in [0.05, 0.1) is 0 Å². The molecule has 37 heavy (non-hydrogen) atoms. The molecular formula is C37H26. The molecule has 0 aliphatic rings. The van der Waals surface area contributed by atoms with E-state index in [1.54, 1.807) is 0 Å². The molecule has 7 aromatic rings. The molecule has 0 aliphatic carbocycles. The predicted molar refractivity (Wildman–Crippen MR) is 160 cm³/mol. The number of hydrogen-bond acceptors (Lipinski definition) is 0. The molecule has 0 spiro atoms. The standard InChI is InChI=1S/C37H26/c1-25-13-5-6-16-27(25)30-23-24-35(29-18-8-7-17-28(29)30)37-33-21-11-9-19-31(33)36(26-14-3-2-4-15-26)32-20-10-12-22-34(32)37/h2-24H,1H3. The summed E-state index contributed by atoms with van der Waals surface area (Å²) in [6, 6.07) is 50.8. The summed E-state index contributed by atoms with van der Waals surface area (Å²) < 4.78 is 0. The Morgan fingerprint density at radius 1 is 0.297 bits per heavy atom. The van der Waals surface area contributed by atoms with Crippen molar-refractivity contribution in [3.63, 3.8) is 0 Å². The summed E-state index contributed by atoms with van der Waals surface area (Å²) in [5.74, 6) is 0. The zero-order chi connectivity index (χ0) is 24.8. The normalized spacial score (nSPS) is 11.4. The average molecular weight is 471 g/mol. The Labute approximate surface area is 217 Å². The molecule has 0 radical (unpaired) electrons. The summed E-state index contributed by atoms with van der Waals surface area (Å²) in [6.45, 7) is 2.20. The average Bonchev–Trinajstić information content (AvgIpc) is 2.96. The molecule has 7 rings (SSSR count). The molecule has 0 heterocycles. The Morgan fingerprint density at radius 3 is 1.32 bits per heavy atom. The quantitative estimate of drug-likeness (QED) is 0.225. The van der Waals surface area contributed by atoms with E-state index in [0.717, 1.165) is 0 Å². The van der Waals surface area contributed by atoms with Gasteiger partial charge in [-0.05, 0) is 78.2 Å². The second-order valence-corrected chi connectivity index (χ2v) is 9.73. The van der Waals surface area contributed by atoms with Gasteiger partial charge in [0.15, 0.2) is 0 Å². The third-order valence-corrected chi connectivity index (χ3v) is 7.62. The molecule has 0 heteroatoms. The van der Waals surface area contributed by atoms with Crippen LogP contribution in [0.5, 0.6) is 0 Å². The molecule has 7 aromatic carbocycles. The fourth-order valence-corrected chi connectivity index (χ4v) is 5.96. The van der Waals surface area contributed by atoms with E-state index in [1.165, 1.54) is 71.3 Å². The fraction of sp³-hybridized carbons (Fsp3) is 0.0270. The van der Waals surface area contributed by atoms with Crippen LogP contribution in [0.25, 0.3) is 65.7 Å². The van der Waals surface area contributed by atoms with Crippen LogP contribution < -0.4 is 0 Å². The summed E-state index contributed by atoms with van der Waals surface area (Å²) in [7, 11) is 0. The second kappa shape index (κ2) is 8.76. The minimum Gasteiger partial charge on any atom is -0.0622 e. The molecule has 0 atom stereocenters. The number of aryl methyl sites for hydroxylation is 1. The topological polar surface area (TPSA) is 0 Å². The Hall–Kier alpha value is -4.68. The first kappa shape index (κ1) is 21.6. The first-order valence-electron chi connectivity index (χ1n) is 12.9. The van der Waals surface area contributed by atoms with Gasteiger partial charge >= 0.3 is 0 Å². The third-order valence-electron chi connectivity index (χ3n) is 7.62. The van der Waals surface area contributed by atoms with E-state index in [1.807, 2.05) is 0 Å². The van der Waals surface area contributed by atoms with Crippen molar-refractivity contribution >= 4 is 32.3 Å². The molecular weight excluding hydrogens is 444 g/mol. The summed E-state index contributed by atoms with van der Waals surface area (Å²) in [6.07, 6.45) is 0. The third kappa shape index (κ3) is 3.45. The lowest BCUT2D eigenvalue weighted by Gasteiger charge is -2.20. The first-order chi connectivity index (χ1) is 18.3. The summed E-state index contributed by atoms with van der Waals surface area (Å²) in [5.41, 5.74) is 9.01. The van der Waals surface area contributed by atoms with Gasteiger partial charge in [0.1, 0.15) is 0 Å². The van der Waals surface area contributed by atoms with Gasteiger partial charge in [0.25, 0.3) is 0 Å². The highest BCUT2D eigenvalue weighted by Gasteiger charge is 2.18. The van der Waals surface area contributed by atoms with E-state index in [4.69, 9.17) is 0 Å². The molecule has 0 bridgehead atoms. The Bertz CT molecular complexity index is 1870. The highest BCUT2D eigenvalue weighted by molar-refractivity contribution is 6.24. The SMILES string of the molecule is Cc1ccccc1-c1ccc(-c2c3ccccc3c(-c3ccccc3)c3ccccc23)c2ccccc12. The number of hydrogen-bond donors (Lipinski definition) is 0. The molecule has 0 nitrogen and oxygen atoms in total. The van der Waals surface area contributed by atoms with Crippen LogP contribution in [0.1, 0.15) is 5.56 Å². The van der Waals surface area contributed by atoms with Crippen LogP contribution in [-0.4, -0.2) is 0 Å². The number of fused-ring (bicyclic) bond motifs is 3. The first-order valence-corrected chi connectivity index (χ1v) is 12.9. The minimum atomic E-state index is 1.25. The van der Waals surface area contributed by atoms with E-state index in [2.05, 4.69) is 146 Å². The van der Waals surface area contributed by atoms with Crippen LogP contribution >= 0.6 is 0 Å². The molecule has 0 aromatic heterocycles. The van der Waals surface area contributed by atoms with Crippen LogP contribution in [0.15, 0.2) is 140 Å². The molecule has 0 fully saturated rings. The van der Waals surface area contributed by atoms with Crippen molar-refractivity contribution in [1.29, 1.82) is 0 Å². The molecule has 0 unspecified atom stereocenters. The largest absolute Gasteiger partial charge is 0.0622 e. The van der Waals surface area contributed by atoms with Crippen LogP contribution in [0.2, 0.25) is 0 Å². The van der Waals surface area contributed by atoms with E-state index >= 15 is 0 Å². The lowest BCUT2D eigenvalue weighted by Crippen LogP contribution is -1.92. The minimum absolute atomic E-state index is 1.25. The van der Waals surface area contributed by atoms with Gasteiger partial charge in [-0.25, -0.2) is 0 Å². The van der Waals surface area contributed by atoms with Crippen LogP contribution in [0.4, 0.5) is 0 Å². The fourth-order valence-electron chi connectivity index (χ4n) is 5.96. The molecule has 0 saturated carbocycles. The van der Waals surface area contributed by atoms with Crippen LogP contribution in [-0.2, 0) is 0 Å². The van der Waals surface area contributed by atoms with Gasteiger partial charge in [0.2, 0.25) is 0 Å². The van der Waals surface area contributed by atoms with Crippen molar-refractivity contribution in [3.05, 3.63) is 145 Å². The lowest BCUT2D eigenvalue weighted by atomic mass is 9.83. The monoisotopic (exact) mass is 470 g/mol. The van der Waals surface area contributed by atoms with Gasteiger partial charge in [-0.1, -0.05) is 140 Å². The molecule has 0 aliphatic heterocycles. The van der Waals surface area contributed by atoms with Gasteiger partial charge in [0, 0.05) is 0 Å². The maximum absolute atomic E-state index is 2.33. The van der Waals surface area contributed by atoms with Gasteiger partial charge in [-0.15, -0.1) is 0 Å². The van der Waals surface area contributed by atoms with Crippen molar-refractivity contribution in [1.82, 2.24) is 0 Å². The highest BCUT2D eigenvalue weighted by Crippen LogP contribution is 2.46. The Kier molecular flexibility index (Phi) is 5.11. The summed E-state index contributed by atoms with van der Waals surface area (Å²) >= 11 is 0. The van der Waals surface area contributed by atoms with Gasteiger partial charge in [-0.3, -0.25) is 0 Å². The molecule has 0 amide bonds. The second-order valence-electron chi connectivity index (χ2n) is 9.73. The van der Waals surface area contributed by atoms with Crippen molar-refractivity contribution in [3.8, 4) is 33.4 Å². The van der Waals surface area contributed by atoms with E-state index in [9.17, 15) is 0 Å². The highest BCUT2D eigenvalue weighted by atomic mass is 14.2. The van der Waals surface area contributed by atoms with E-state index in [-0.39, 0.29) is 0 Å². The van der Waals surface area contributed by atoms with Crippen molar-refractivity contribution in [2.45, 2.75) is 6.92 Å². The summed E-state index contributed by atoms with van der Waals surface area (Å²) in [5, 5.41) is 7.72. The zero-order valence-electron chi connectivity index (χ0n) is 20.8. The Balaban J connectivity index is 1.62. The molecule has 0 saturated heterocycles. The predicted octanol–water partition coefficient (Wildman–Crippen LogP) is 10.5. The lowest BCUT2D eigenvalue weighted by molar-refractivity contribution is 1.47. The van der Waals surface area contributed by atoms with Crippen LogP contribution in [0.3, 0.4) is 0 Å². The van der Waals surface area contributed by atoms with E-state index < -0.39 is 0 Å². The van der Waals surface area contributed by atoms with Crippen molar-refractivity contribution in [2.24, 2.45) is 0 Å². The van der Waals surface area contributed by atoms with Gasteiger partial charge < -0.3 is 0 Å². The summed E-state index contributed by atoms with van der Waals surface area (Å²) in [4.78, 5) is 0. The molecule has 174 valence electrons. The van der Waals surface area contributed by atoms with Crippen LogP contribution in [0, 0.1) is 6.92 Å². The maximum atomic E-state index is 2.33. The Morgan fingerprint density at radius 2 is 0.730 bits per heavy atom. The van der Waals surface area contributed by atoms with Crippen molar-refractivity contribution < 1.29 is 0 Å².